The summed E-state index contributed by atoms with van der Waals surface area (Å²) in [4.78, 5) is 16.4. The lowest BCUT2D eigenvalue weighted by Gasteiger charge is -2.09. The minimum Gasteiger partial charge on any atom is -0.385 e. The van der Waals surface area contributed by atoms with E-state index in [2.05, 4.69) is 15.6 Å². The van der Waals surface area contributed by atoms with Crippen LogP contribution in [0, 0.1) is 5.82 Å². The zero-order valence-corrected chi connectivity index (χ0v) is 16.0. The third-order valence-corrected chi connectivity index (χ3v) is 4.54. The van der Waals surface area contributed by atoms with Crippen LogP contribution in [0.4, 0.5) is 10.1 Å². The third kappa shape index (κ3) is 5.79. The average molecular weight is 398 g/mol. The Balaban J connectivity index is 1.48. The average Bonchev–Trinajstić information content (AvgIpc) is 2.71. The van der Waals surface area contributed by atoms with Gasteiger partial charge in [0.05, 0.1) is 0 Å². The number of hydrogen-bond donors (Lipinski definition) is 2. The number of benzene rings is 2. The highest BCUT2D eigenvalue weighted by Gasteiger charge is 2.08. The van der Waals surface area contributed by atoms with Gasteiger partial charge in [-0.15, -0.1) is 0 Å². The number of amides is 1. The Kier molecular flexibility index (Phi) is 6.98. The van der Waals surface area contributed by atoms with Gasteiger partial charge in [0.15, 0.2) is 0 Å². The molecule has 0 saturated heterocycles. The van der Waals surface area contributed by atoms with Crippen molar-refractivity contribution in [2.75, 3.05) is 18.4 Å². The van der Waals surface area contributed by atoms with Crippen molar-refractivity contribution in [3.63, 3.8) is 0 Å². The fourth-order valence-electron chi connectivity index (χ4n) is 2.77. The van der Waals surface area contributed by atoms with E-state index in [4.69, 9.17) is 11.6 Å². The van der Waals surface area contributed by atoms with Crippen LogP contribution < -0.4 is 10.6 Å². The van der Waals surface area contributed by atoms with Crippen LogP contribution in [0.3, 0.4) is 0 Å². The first-order chi connectivity index (χ1) is 13.6. The van der Waals surface area contributed by atoms with E-state index in [1.54, 1.807) is 30.5 Å². The standard InChI is InChI=1S/C22H21ClFN3O/c23-18-7-5-16(6-8-18)9-12-27-22(28)21-15-19(11-14-26-21)25-13-10-17-3-1-2-4-20(17)24/h1-8,11,14-15H,9-10,12-13H2,(H,25,26)(H,27,28). The summed E-state index contributed by atoms with van der Waals surface area (Å²) in [5, 5.41) is 6.76. The summed E-state index contributed by atoms with van der Waals surface area (Å²) in [6, 6.07) is 17.7. The van der Waals surface area contributed by atoms with Gasteiger partial charge in [-0.3, -0.25) is 9.78 Å². The Hall–Kier alpha value is -2.92. The van der Waals surface area contributed by atoms with Gasteiger partial charge in [-0.2, -0.15) is 0 Å². The zero-order valence-electron chi connectivity index (χ0n) is 15.3. The molecule has 2 N–H and O–H groups in total. The Labute approximate surface area is 168 Å². The molecule has 1 aromatic heterocycles. The molecule has 0 unspecified atom stereocenters. The molecular weight excluding hydrogens is 377 g/mol. The molecule has 3 aromatic rings. The van der Waals surface area contributed by atoms with Gasteiger partial charge in [0.25, 0.3) is 5.91 Å². The van der Waals surface area contributed by atoms with Crippen molar-refractivity contribution in [2.45, 2.75) is 12.8 Å². The molecule has 0 atom stereocenters. The van der Waals surface area contributed by atoms with Crippen LogP contribution in [-0.4, -0.2) is 24.0 Å². The Morgan fingerprint density at radius 1 is 1.00 bits per heavy atom. The van der Waals surface area contributed by atoms with E-state index >= 15 is 0 Å². The largest absolute Gasteiger partial charge is 0.385 e. The molecule has 0 bridgehead atoms. The summed E-state index contributed by atoms with van der Waals surface area (Å²) < 4.78 is 13.6. The number of nitrogens with zero attached hydrogens (tertiary/aromatic N) is 1. The fraction of sp³-hybridized carbons (Fsp3) is 0.182. The third-order valence-electron chi connectivity index (χ3n) is 4.29. The maximum absolute atomic E-state index is 13.6. The molecule has 2 aromatic carbocycles. The lowest BCUT2D eigenvalue weighted by Crippen LogP contribution is -2.26. The number of pyridine rings is 1. The topological polar surface area (TPSA) is 54.0 Å². The predicted molar refractivity (Wildman–Crippen MR) is 110 cm³/mol. The van der Waals surface area contributed by atoms with Gasteiger partial charge in [-0.25, -0.2) is 4.39 Å². The molecule has 0 radical (unpaired) electrons. The second-order valence-electron chi connectivity index (χ2n) is 6.33. The van der Waals surface area contributed by atoms with Gasteiger partial charge in [0.1, 0.15) is 11.5 Å². The van der Waals surface area contributed by atoms with E-state index in [9.17, 15) is 9.18 Å². The highest BCUT2D eigenvalue weighted by Crippen LogP contribution is 2.11. The molecule has 1 heterocycles. The molecule has 0 aliphatic heterocycles. The number of halogens is 2. The van der Waals surface area contributed by atoms with E-state index < -0.39 is 0 Å². The molecule has 1 amide bonds. The van der Waals surface area contributed by atoms with Crippen LogP contribution in [0.2, 0.25) is 5.02 Å². The van der Waals surface area contributed by atoms with Crippen LogP contribution in [-0.2, 0) is 12.8 Å². The molecule has 144 valence electrons. The quantitative estimate of drug-likeness (QED) is 0.588. The van der Waals surface area contributed by atoms with Crippen molar-refractivity contribution in [1.82, 2.24) is 10.3 Å². The van der Waals surface area contributed by atoms with Gasteiger partial charge in [-0.1, -0.05) is 41.9 Å². The van der Waals surface area contributed by atoms with Crippen LogP contribution >= 0.6 is 11.6 Å². The summed E-state index contributed by atoms with van der Waals surface area (Å²) in [6.45, 7) is 1.07. The number of carbonyl (C=O) groups is 1. The number of carbonyl (C=O) groups excluding carboxylic acids is 1. The molecular formula is C22H21ClFN3O. The Morgan fingerprint density at radius 2 is 1.79 bits per heavy atom. The van der Waals surface area contributed by atoms with E-state index in [0.717, 1.165) is 11.3 Å². The first-order valence-electron chi connectivity index (χ1n) is 9.08. The van der Waals surface area contributed by atoms with E-state index in [0.29, 0.717) is 42.2 Å². The summed E-state index contributed by atoms with van der Waals surface area (Å²) >= 11 is 5.87. The normalized spacial score (nSPS) is 10.5. The molecule has 4 nitrogen and oxygen atoms in total. The minimum atomic E-state index is -0.230. The number of nitrogens with one attached hydrogen (secondary N) is 2. The maximum atomic E-state index is 13.6. The molecule has 28 heavy (non-hydrogen) atoms. The highest BCUT2D eigenvalue weighted by atomic mass is 35.5. The number of aromatic nitrogens is 1. The zero-order chi connectivity index (χ0) is 19.8. The monoisotopic (exact) mass is 397 g/mol. The Bertz CT molecular complexity index is 931. The molecule has 0 aliphatic rings. The van der Waals surface area contributed by atoms with Crippen molar-refractivity contribution in [3.05, 3.63) is 94.5 Å². The van der Waals surface area contributed by atoms with Crippen molar-refractivity contribution >= 4 is 23.2 Å². The highest BCUT2D eigenvalue weighted by molar-refractivity contribution is 6.30. The summed E-state index contributed by atoms with van der Waals surface area (Å²) in [5.41, 5.74) is 2.87. The minimum absolute atomic E-state index is 0.209. The van der Waals surface area contributed by atoms with E-state index in [-0.39, 0.29) is 11.7 Å². The lowest BCUT2D eigenvalue weighted by molar-refractivity contribution is 0.0949. The van der Waals surface area contributed by atoms with Crippen molar-refractivity contribution in [3.8, 4) is 0 Å². The molecule has 0 fully saturated rings. The van der Waals surface area contributed by atoms with E-state index in [1.807, 2.05) is 30.3 Å². The molecule has 0 saturated carbocycles. The molecule has 6 heteroatoms. The van der Waals surface area contributed by atoms with Crippen LogP contribution in [0.1, 0.15) is 21.6 Å². The second kappa shape index (κ2) is 9.85. The van der Waals surface area contributed by atoms with Gasteiger partial charge >= 0.3 is 0 Å². The van der Waals surface area contributed by atoms with Crippen molar-refractivity contribution < 1.29 is 9.18 Å². The van der Waals surface area contributed by atoms with Crippen molar-refractivity contribution in [1.29, 1.82) is 0 Å². The number of hydrogen-bond acceptors (Lipinski definition) is 3. The molecule has 0 spiro atoms. The molecule has 0 aliphatic carbocycles. The summed E-state index contributed by atoms with van der Waals surface area (Å²) in [5.74, 6) is -0.438. The van der Waals surface area contributed by atoms with Crippen molar-refractivity contribution in [2.24, 2.45) is 0 Å². The van der Waals surface area contributed by atoms with Gasteiger partial charge in [-0.05, 0) is 54.3 Å². The maximum Gasteiger partial charge on any atom is 0.269 e. The van der Waals surface area contributed by atoms with Gasteiger partial charge in [0, 0.05) is 30.0 Å². The van der Waals surface area contributed by atoms with Gasteiger partial charge in [0.2, 0.25) is 0 Å². The SMILES string of the molecule is O=C(NCCc1ccc(Cl)cc1)c1cc(NCCc2ccccc2F)ccn1. The lowest BCUT2D eigenvalue weighted by atomic mass is 10.1. The van der Waals surface area contributed by atoms with Gasteiger partial charge < -0.3 is 10.6 Å². The predicted octanol–water partition coefficient (Wildman–Crippen LogP) is 4.50. The summed E-state index contributed by atoms with van der Waals surface area (Å²) in [7, 11) is 0. The fourth-order valence-corrected chi connectivity index (χ4v) is 2.90. The first kappa shape index (κ1) is 19.8. The summed E-state index contributed by atoms with van der Waals surface area (Å²) in [6.07, 6.45) is 2.85. The Morgan fingerprint density at radius 3 is 2.57 bits per heavy atom. The smallest absolute Gasteiger partial charge is 0.269 e. The first-order valence-corrected chi connectivity index (χ1v) is 9.45. The molecule has 3 rings (SSSR count). The van der Waals surface area contributed by atoms with E-state index in [1.165, 1.54) is 6.07 Å². The van der Waals surface area contributed by atoms with Crippen LogP contribution in [0.5, 0.6) is 0 Å². The van der Waals surface area contributed by atoms with Crippen LogP contribution in [0.15, 0.2) is 66.9 Å². The number of anilines is 1. The second-order valence-corrected chi connectivity index (χ2v) is 6.77. The van der Waals surface area contributed by atoms with Crippen LogP contribution in [0.25, 0.3) is 0 Å². The number of rotatable bonds is 8.